The predicted octanol–water partition coefficient (Wildman–Crippen LogP) is 5.59. The maximum atomic E-state index is 12.8. The number of carbonyl (C=O) groups is 2. The van der Waals surface area contributed by atoms with Crippen LogP contribution in [-0.4, -0.2) is 41.0 Å². The lowest BCUT2D eigenvalue weighted by Gasteiger charge is -2.22. The molecule has 3 aromatic carbocycles. The van der Waals surface area contributed by atoms with Crippen LogP contribution in [0.5, 0.6) is 5.75 Å². The Bertz CT molecular complexity index is 1510. The molecule has 0 saturated carbocycles. The predicted molar refractivity (Wildman–Crippen MR) is 147 cm³/mol. The third-order valence-electron chi connectivity index (χ3n) is 6.00. The quantitative estimate of drug-likeness (QED) is 0.208. The molecule has 8 nitrogen and oxygen atoms in total. The van der Waals surface area contributed by atoms with Crippen LogP contribution in [0.15, 0.2) is 71.7 Å². The molecule has 0 bridgehead atoms. The van der Waals surface area contributed by atoms with Crippen molar-refractivity contribution in [3.05, 3.63) is 94.7 Å². The van der Waals surface area contributed by atoms with E-state index < -0.39 is 17.5 Å². The summed E-state index contributed by atoms with van der Waals surface area (Å²) >= 11 is 0. The van der Waals surface area contributed by atoms with Crippen molar-refractivity contribution in [3.63, 3.8) is 0 Å². The lowest BCUT2D eigenvalue weighted by molar-refractivity contribution is 0.0515. The molecule has 0 aliphatic rings. The molecule has 0 fully saturated rings. The van der Waals surface area contributed by atoms with Gasteiger partial charge in [-0.25, -0.2) is 14.6 Å². The molecule has 38 heavy (non-hydrogen) atoms. The number of esters is 2. The molecular weight excluding hydrogens is 482 g/mol. The van der Waals surface area contributed by atoms with Gasteiger partial charge in [-0.15, -0.1) is 0 Å². The van der Waals surface area contributed by atoms with Gasteiger partial charge in [0.15, 0.2) is 5.75 Å². The minimum atomic E-state index is -0.779. The molecule has 0 aliphatic carbocycles. The Morgan fingerprint density at radius 2 is 1.61 bits per heavy atom. The number of H-pyrrole nitrogens is 1. The third kappa shape index (κ3) is 5.45. The Morgan fingerprint density at radius 1 is 0.921 bits per heavy atom. The van der Waals surface area contributed by atoms with Gasteiger partial charge in [0.1, 0.15) is 5.69 Å². The first-order chi connectivity index (χ1) is 18.1. The van der Waals surface area contributed by atoms with E-state index in [1.807, 2.05) is 44.2 Å². The van der Waals surface area contributed by atoms with E-state index in [0.29, 0.717) is 44.7 Å². The molecular formula is C30H31N3O5. The van der Waals surface area contributed by atoms with Gasteiger partial charge >= 0.3 is 11.9 Å². The van der Waals surface area contributed by atoms with Crippen LogP contribution in [0.3, 0.4) is 0 Å². The molecule has 4 N–H and O–H groups in total. The van der Waals surface area contributed by atoms with Gasteiger partial charge in [-0.2, -0.15) is 0 Å². The number of nitrogens with one attached hydrogen (secondary N) is 1. The Morgan fingerprint density at radius 3 is 2.26 bits per heavy atom. The standard InChI is InChI=1S/C30H31N3O5/c1-5-37-28(35)19-12-14-21-24(16-19)33-26(27(21)34)25(18-10-8-7-9-11-18)32-20-13-15-23(30(3,4)31)22(17-20)29(36)38-6-2/h7-17,33-34H,5-6,31H2,1-4H3. The highest BCUT2D eigenvalue weighted by molar-refractivity contribution is 6.17. The van der Waals surface area contributed by atoms with E-state index in [9.17, 15) is 14.7 Å². The summed E-state index contributed by atoms with van der Waals surface area (Å²) in [6, 6.07) is 19.5. The number of fused-ring (bicyclic) bond motifs is 1. The number of benzene rings is 3. The lowest BCUT2D eigenvalue weighted by Crippen LogP contribution is -2.31. The number of aromatic amines is 1. The molecule has 0 radical (unpaired) electrons. The van der Waals surface area contributed by atoms with Crippen LogP contribution < -0.4 is 5.73 Å². The number of nitrogens with zero attached hydrogens (tertiary/aromatic N) is 1. The van der Waals surface area contributed by atoms with Crippen LogP contribution in [0.4, 0.5) is 5.69 Å². The van der Waals surface area contributed by atoms with Crippen molar-refractivity contribution in [2.24, 2.45) is 10.7 Å². The summed E-state index contributed by atoms with van der Waals surface area (Å²) in [5.74, 6) is -0.945. The Balaban J connectivity index is 1.90. The van der Waals surface area contributed by atoms with Crippen molar-refractivity contribution in [2.75, 3.05) is 13.2 Å². The normalized spacial score (nSPS) is 12.0. The van der Waals surface area contributed by atoms with Crippen LogP contribution in [0.25, 0.3) is 10.9 Å². The first kappa shape index (κ1) is 26.6. The number of ether oxygens (including phenoxy) is 2. The zero-order valence-electron chi connectivity index (χ0n) is 21.9. The van der Waals surface area contributed by atoms with Crippen LogP contribution in [0, 0.1) is 0 Å². The average Bonchev–Trinajstić information content (AvgIpc) is 3.22. The summed E-state index contributed by atoms with van der Waals surface area (Å²) in [6.45, 7) is 7.60. The van der Waals surface area contributed by atoms with Gasteiger partial charge in [0.05, 0.1) is 41.3 Å². The molecule has 4 rings (SSSR count). The lowest BCUT2D eigenvalue weighted by atomic mass is 9.90. The van der Waals surface area contributed by atoms with Crippen molar-refractivity contribution < 1.29 is 24.2 Å². The molecule has 1 heterocycles. The van der Waals surface area contributed by atoms with Crippen LogP contribution in [0.1, 0.15) is 65.2 Å². The molecule has 0 saturated heterocycles. The van der Waals surface area contributed by atoms with Crippen molar-refractivity contribution in [3.8, 4) is 5.75 Å². The molecule has 0 aliphatic heterocycles. The van der Waals surface area contributed by atoms with E-state index >= 15 is 0 Å². The Kier molecular flexibility index (Phi) is 7.64. The highest BCUT2D eigenvalue weighted by atomic mass is 16.5. The van der Waals surface area contributed by atoms with Crippen molar-refractivity contribution in [2.45, 2.75) is 33.2 Å². The fourth-order valence-electron chi connectivity index (χ4n) is 4.23. The van der Waals surface area contributed by atoms with E-state index in [0.717, 1.165) is 5.56 Å². The summed E-state index contributed by atoms with van der Waals surface area (Å²) in [6.07, 6.45) is 0. The first-order valence-corrected chi connectivity index (χ1v) is 12.4. The van der Waals surface area contributed by atoms with Gasteiger partial charge in [-0.3, -0.25) is 0 Å². The molecule has 0 amide bonds. The molecule has 8 heteroatoms. The maximum absolute atomic E-state index is 12.8. The molecule has 196 valence electrons. The van der Waals surface area contributed by atoms with Crippen molar-refractivity contribution in [1.82, 2.24) is 4.98 Å². The summed E-state index contributed by atoms with van der Waals surface area (Å²) in [7, 11) is 0. The van der Waals surface area contributed by atoms with Gasteiger partial charge in [0.25, 0.3) is 0 Å². The summed E-state index contributed by atoms with van der Waals surface area (Å²) < 4.78 is 10.4. The zero-order valence-corrected chi connectivity index (χ0v) is 21.9. The Hall–Kier alpha value is -4.43. The van der Waals surface area contributed by atoms with E-state index in [4.69, 9.17) is 20.2 Å². The molecule has 1 aromatic heterocycles. The number of aromatic hydroxyl groups is 1. The largest absolute Gasteiger partial charge is 0.505 e. The minimum Gasteiger partial charge on any atom is -0.505 e. The van der Waals surface area contributed by atoms with Gasteiger partial charge in [-0.05, 0) is 63.6 Å². The molecule has 0 unspecified atom stereocenters. The van der Waals surface area contributed by atoms with Crippen molar-refractivity contribution >= 4 is 34.2 Å². The second-order valence-electron chi connectivity index (χ2n) is 9.33. The average molecular weight is 514 g/mol. The fraction of sp³-hybridized carbons (Fsp3) is 0.233. The van der Waals surface area contributed by atoms with E-state index in [1.165, 1.54) is 0 Å². The smallest absolute Gasteiger partial charge is 0.338 e. The topological polar surface area (TPSA) is 127 Å². The molecule has 0 spiro atoms. The van der Waals surface area contributed by atoms with Crippen LogP contribution in [0.2, 0.25) is 0 Å². The molecule has 4 aromatic rings. The van der Waals surface area contributed by atoms with Crippen LogP contribution in [-0.2, 0) is 15.0 Å². The van der Waals surface area contributed by atoms with Gasteiger partial charge < -0.3 is 25.3 Å². The number of carbonyl (C=O) groups excluding carboxylic acids is 2. The number of aromatic nitrogens is 1. The van der Waals surface area contributed by atoms with Gasteiger partial charge in [0, 0.05) is 16.5 Å². The second-order valence-corrected chi connectivity index (χ2v) is 9.33. The summed E-state index contributed by atoms with van der Waals surface area (Å²) in [5, 5.41) is 11.7. The SMILES string of the molecule is CCOC(=O)c1ccc2c(O)c(C(=Nc3ccc(C(C)(C)N)c(C(=O)OCC)c3)c3ccccc3)[nH]c2c1. The first-order valence-electron chi connectivity index (χ1n) is 12.4. The molecule has 0 atom stereocenters. The van der Waals surface area contributed by atoms with E-state index in [2.05, 4.69) is 4.98 Å². The van der Waals surface area contributed by atoms with Crippen LogP contribution >= 0.6 is 0 Å². The fourth-order valence-corrected chi connectivity index (χ4v) is 4.23. The number of hydrogen-bond acceptors (Lipinski definition) is 7. The van der Waals surface area contributed by atoms with E-state index in [-0.39, 0.29) is 19.0 Å². The zero-order chi connectivity index (χ0) is 27.4. The highest BCUT2D eigenvalue weighted by Gasteiger charge is 2.24. The number of nitrogens with two attached hydrogens (primary N) is 1. The monoisotopic (exact) mass is 513 g/mol. The summed E-state index contributed by atoms with van der Waals surface area (Å²) in [4.78, 5) is 33.1. The van der Waals surface area contributed by atoms with Gasteiger partial charge in [-0.1, -0.05) is 36.4 Å². The third-order valence-corrected chi connectivity index (χ3v) is 6.00. The summed E-state index contributed by atoms with van der Waals surface area (Å²) in [5.41, 5.74) is 9.46. The highest BCUT2D eigenvalue weighted by Crippen LogP contribution is 2.33. The van der Waals surface area contributed by atoms with Crippen molar-refractivity contribution in [1.29, 1.82) is 0 Å². The minimum absolute atomic E-state index is 0.0108. The van der Waals surface area contributed by atoms with E-state index in [1.54, 1.807) is 50.2 Å². The second kappa shape index (κ2) is 10.9. The number of aliphatic imine (C=N–C) groups is 1. The number of hydrogen-bond donors (Lipinski definition) is 3. The Labute approximate surface area is 221 Å². The van der Waals surface area contributed by atoms with Gasteiger partial charge in [0.2, 0.25) is 0 Å². The maximum Gasteiger partial charge on any atom is 0.338 e. The number of rotatable bonds is 8.